The third kappa shape index (κ3) is 5.24. The highest BCUT2D eigenvalue weighted by Gasteiger charge is 2.15. The van der Waals surface area contributed by atoms with Crippen molar-refractivity contribution in [3.8, 4) is 10.4 Å². The molecule has 0 spiro atoms. The second-order valence-corrected chi connectivity index (χ2v) is 8.51. The van der Waals surface area contributed by atoms with E-state index >= 15 is 0 Å². The van der Waals surface area contributed by atoms with Gasteiger partial charge in [-0.05, 0) is 54.4 Å². The number of aromatic nitrogens is 1. The van der Waals surface area contributed by atoms with Gasteiger partial charge in [0.15, 0.2) is 0 Å². The Bertz CT molecular complexity index is 1380. The summed E-state index contributed by atoms with van der Waals surface area (Å²) in [6.45, 7) is 2.30. The maximum atomic E-state index is 13.1. The Morgan fingerprint density at radius 2 is 1.70 bits per heavy atom. The molecule has 4 rings (SSSR count). The number of halogens is 1. The zero-order valence-corrected chi connectivity index (χ0v) is 18.5. The van der Waals surface area contributed by atoms with Gasteiger partial charge in [0.1, 0.15) is 11.4 Å². The van der Waals surface area contributed by atoms with Crippen LogP contribution in [0.15, 0.2) is 83.8 Å². The van der Waals surface area contributed by atoms with Crippen molar-refractivity contribution in [2.45, 2.75) is 13.5 Å². The van der Waals surface area contributed by atoms with Crippen LogP contribution in [0.4, 0.5) is 4.39 Å². The van der Waals surface area contributed by atoms with E-state index in [9.17, 15) is 18.8 Å². The quantitative estimate of drug-likeness (QED) is 0.438. The first-order chi connectivity index (χ1) is 15.9. The lowest BCUT2D eigenvalue weighted by molar-refractivity contribution is 0.0847. The van der Waals surface area contributed by atoms with Crippen molar-refractivity contribution < 1.29 is 14.0 Å². The van der Waals surface area contributed by atoms with Gasteiger partial charge in [-0.1, -0.05) is 42.0 Å². The summed E-state index contributed by atoms with van der Waals surface area (Å²) in [6, 6.07) is 20.1. The van der Waals surface area contributed by atoms with E-state index in [4.69, 9.17) is 0 Å². The largest absolute Gasteiger partial charge is 0.310 e. The molecule has 2 aromatic heterocycles. The molecule has 0 aliphatic rings. The molecule has 4 aromatic rings. The summed E-state index contributed by atoms with van der Waals surface area (Å²) < 4.78 is 14.5. The first-order valence-electron chi connectivity index (χ1n) is 10.1. The van der Waals surface area contributed by atoms with Crippen LogP contribution in [0, 0.1) is 12.7 Å². The fourth-order valence-corrected chi connectivity index (χ4v) is 4.22. The molecule has 0 fully saturated rings. The molecule has 0 atom stereocenters. The van der Waals surface area contributed by atoms with Crippen molar-refractivity contribution >= 4 is 23.2 Å². The number of amides is 2. The lowest BCUT2D eigenvalue weighted by Gasteiger charge is -2.10. The number of hydrazine groups is 1. The van der Waals surface area contributed by atoms with Gasteiger partial charge in [0.05, 0.1) is 11.4 Å². The van der Waals surface area contributed by atoms with Crippen LogP contribution in [-0.2, 0) is 6.54 Å². The molecular weight excluding hydrogens is 441 g/mol. The number of hydrogen-bond donors (Lipinski definition) is 2. The summed E-state index contributed by atoms with van der Waals surface area (Å²) >= 11 is 1.20. The first-order valence-corrected chi connectivity index (χ1v) is 10.9. The van der Waals surface area contributed by atoms with Gasteiger partial charge in [0, 0.05) is 11.1 Å². The molecule has 0 aliphatic heterocycles. The van der Waals surface area contributed by atoms with Crippen molar-refractivity contribution in [1.82, 2.24) is 15.4 Å². The lowest BCUT2D eigenvalue weighted by atomic mass is 10.1. The predicted octanol–water partition coefficient (Wildman–Crippen LogP) is 4.15. The average molecular weight is 462 g/mol. The van der Waals surface area contributed by atoms with Gasteiger partial charge in [-0.25, -0.2) is 4.39 Å². The van der Waals surface area contributed by atoms with Crippen molar-refractivity contribution in [3.63, 3.8) is 0 Å². The smallest absolute Gasteiger partial charge is 0.279 e. The fourth-order valence-electron chi connectivity index (χ4n) is 3.31. The minimum Gasteiger partial charge on any atom is -0.310 e. The second kappa shape index (κ2) is 9.62. The van der Waals surface area contributed by atoms with Crippen LogP contribution < -0.4 is 16.4 Å². The second-order valence-electron chi connectivity index (χ2n) is 7.42. The number of benzene rings is 2. The van der Waals surface area contributed by atoms with E-state index in [1.54, 1.807) is 36.5 Å². The summed E-state index contributed by atoms with van der Waals surface area (Å²) in [5, 5.41) is 0. The molecule has 2 aromatic carbocycles. The topological polar surface area (TPSA) is 80.2 Å². The Morgan fingerprint density at radius 1 is 0.939 bits per heavy atom. The molecule has 6 nitrogen and oxygen atoms in total. The molecule has 166 valence electrons. The SMILES string of the molecule is Cc1cccc(Cn2cccc(C(=O)NNC(=O)c3ccc(-c4ccc(F)cc4)s3)c2=O)c1. The Labute approximate surface area is 193 Å². The van der Waals surface area contributed by atoms with Crippen LogP contribution in [0.2, 0.25) is 0 Å². The normalized spacial score (nSPS) is 10.6. The summed E-state index contributed by atoms with van der Waals surface area (Å²) in [7, 11) is 0. The molecule has 0 radical (unpaired) electrons. The molecule has 0 saturated heterocycles. The summed E-state index contributed by atoms with van der Waals surface area (Å²) in [4.78, 5) is 38.9. The molecular formula is C25H20FN3O3S. The van der Waals surface area contributed by atoms with E-state index in [2.05, 4.69) is 10.9 Å². The third-order valence-electron chi connectivity index (χ3n) is 4.95. The zero-order chi connectivity index (χ0) is 23.4. The molecule has 0 bridgehead atoms. The highest BCUT2D eigenvalue weighted by atomic mass is 32.1. The monoisotopic (exact) mass is 461 g/mol. The minimum atomic E-state index is -0.706. The summed E-state index contributed by atoms with van der Waals surface area (Å²) in [5.74, 6) is -1.56. The van der Waals surface area contributed by atoms with Crippen molar-refractivity contribution in [2.75, 3.05) is 0 Å². The molecule has 33 heavy (non-hydrogen) atoms. The van der Waals surface area contributed by atoms with Crippen LogP contribution in [0.3, 0.4) is 0 Å². The molecule has 2 amide bonds. The summed E-state index contributed by atoms with van der Waals surface area (Å²) in [5.41, 5.74) is 6.90. The van der Waals surface area contributed by atoms with E-state index in [0.717, 1.165) is 21.6 Å². The van der Waals surface area contributed by atoms with Gasteiger partial charge in [-0.2, -0.15) is 0 Å². The molecule has 0 unspecified atom stereocenters. The standard InChI is InChI=1S/C25H20FN3O3S/c1-16-4-2-5-17(14-16)15-29-13-3-6-20(25(29)32)23(30)27-28-24(31)22-12-11-21(33-22)18-7-9-19(26)10-8-18/h2-14H,15H2,1H3,(H,27,30)(H,28,31). The Hall–Kier alpha value is -4.04. The van der Waals surface area contributed by atoms with Gasteiger partial charge >= 0.3 is 0 Å². The van der Waals surface area contributed by atoms with Crippen LogP contribution in [0.25, 0.3) is 10.4 Å². The number of hydrogen-bond acceptors (Lipinski definition) is 4. The van der Waals surface area contributed by atoms with E-state index < -0.39 is 17.4 Å². The number of nitrogens with one attached hydrogen (secondary N) is 2. The lowest BCUT2D eigenvalue weighted by Crippen LogP contribution is -2.43. The van der Waals surface area contributed by atoms with Crippen LogP contribution in [0.5, 0.6) is 0 Å². The molecule has 8 heteroatoms. The van der Waals surface area contributed by atoms with E-state index in [1.165, 1.54) is 34.1 Å². The number of nitrogens with zero attached hydrogens (tertiary/aromatic N) is 1. The Balaban J connectivity index is 1.42. The fraction of sp³-hybridized carbons (Fsp3) is 0.0800. The molecule has 0 aliphatic carbocycles. The van der Waals surface area contributed by atoms with Crippen LogP contribution in [-0.4, -0.2) is 16.4 Å². The zero-order valence-electron chi connectivity index (χ0n) is 17.7. The highest BCUT2D eigenvalue weighted by molar-refractivity contribution is 7.17. The van der Waals surface area contributed by atoms with Crippen LogP contribution in [0.1, 0.15) is 31.2 Å². The average Bonchev–Trinajstić information content (AvgIpc) is 3.30. The Morgan fingerprint density at radius 3 is 2.45 bits per heavy atom. The minimum absolute atomic E-state index is 0.0800. The highest BCUT2D eigenvalue weighted by Crippen LogP contribution is 2.28. The van der Waals surface area contributed by atoms with Crippen molar-refractivity contribution in [3.05, 3.63) is 117 Å². The molecule has 0 saturated carbocycles. The van der Waals surface area contributed by atoms with Crippen molar-refractivity contribution in [2.24, 2.45) is 0 Å². The molecule has 2 heterocycles. The van der Waals surface area contributed by atoms with Gasteiger partial charge in [0.2, 0.25) is 0 Å². The van der Waals surface area contributed by atoms with Crippen molar-refractivity contribution in [1.29, 1.82) is 0 Å². The van der Waals surface area contributed by atoms with Gasteiger partial charge < -0.3 is 4.57 Å². The number of pyridine rings is 1. The number of carbonyl (C=O) groups excluding carboxylic acids is 2. The third-order valence-corrected chi connectivity index (χ3v) is 6.08. The maximum Gasteiger partial charge on any atom is 0.279 e. The number of aryl methyl sites for hydroxylation is 1. The number of rotatable bonds is 5. The predicted molar refractivity (Wildman–Crippen MR) is 126 cm³/mol. The van der Waals surface area contributed by atoms with Gasteiger partial charge in [-0.3, -0.25) is 25.2 Å². The van der Waals surface area contributed by atoms with E-state index in [-0.39, 0.29) is 11.4 Å². The Kier molecular flexibility index (Phi) is 6.46. The number of thiophene rings is 1. The number of carbonyl (C=O) groups is 2. The van der Waals surface area contributed by atoms with Gasteiger partial charge in [0.25, 0.3) is 17.4 Å². The molecule has 2 N–H and O–H groups in total. The van der Waals surface area contributed by atoms with Crippen LogP contribution >= 0.6 is 11.3 Å². The van der Waals surface area contributed by atoms with E-state index in [1.807, 2.05) is 31.2 Å². The first kappa shape index (κ1) is 22.2. The van der Waals surface area contributed by atoms with Gasteiger partial charge in [-0.15, -0.1) is 11.3 Å². The summed E-state index contributed by atoms with van der Waals surface area (Å²) in [6.07, 6.45) is 1.61. The maximum absolute atomic E-state index is 13.1. The van der Waals surface area contributed by atoms with E-state index in [0.29, 0.717) is 11.4 Å².